The van der Waals surface area contributed by atoms with Gasteiger partial charge in [-0.25, -0.2) is 0 Å². The van der Waals surface area contributed by atoms with E-state index in [1.54, 1.807) is 0 Å². The lowest BCUT2D eigenvalue weighted by molar-refractivity contribution is 0.220. The Labute approximate surface area is 175 Å². The Bertz CT molecular complexity index is 407. The molecule has 0 aromatic carbocycles. The molecule has 0 spiro atoms. The molecule has 0 bridgehead atoms. The first-order valence-electron chi connectivity index (χ1n) is 11.1. The van der Waals surface area contributed by atoms with Gasteiger partial charge in [-0.05, 0) is 55.3 Å². The van der Waals surface area contributed by atoms with Crippen molar-refractivity contribution in [2.45, 2.75) is 116 Å². The number of unbranched alkanes of at least 4 members (excludes halogenated alkanes) is 6. The van der Waals surface area contributed by atoms with Crippen LogP contribution in [-0.4, -0.2) is 37.6 Å². The van der Waals surface area contributed by atoms with Crippen molar-refractivity contribution in [3.05, 3.63) is 0 Å². The lowest BCUT2D eigenvalue weighted by atomic mass is 10.1. The summed E-state index contributed by atoms with van der Waals surface area (Å²) < 4.78 is 6.55. The molecule has 0 aromatic rings. The Kier molecular flexibility index (Phi) is 15.9. The Morgan fingerprint density at radius 1 is 0.963 bits per heavy atom. The largest absolute Gasteiger partial charge is 0.403 e. The summed E-state index contributed by atoms with van der Waals surface area (Å²) in [5.74, 6) is 9.20. The summed E-state index contributed by atoms with van der Waals surface area (Å²) in [6.07, 6.45) is 12.0. The van der Waals surface area contributed by atoms with E-state index in [4.69, 9.17) is 9.53 Å². The molecule has 27 heavy (non-hydrogen) atoms. The highest BCUT2D eigenvalue weighted by molar-refractivity contribution is 7.99. The third-order valence-corrected chi connectivity index (χ3v) is 11.0. The van der Waals surface area contributed by atoms with Gasteiger partial charge in [0.2, 0.25) is 0 Å². The number of hydrogen-bond donors (Lipinski definition) is 1. The third-order valence-electron chi connectivity index (χ3n) is 5.36. The average molecular weight is 415 g/mol. The van der Waals surface area contributed by atoms with Crippen LogP contribution >= 0.6 is 11.8 Å². The van der Waals surface area contributed by atoms with Crippen LogP contribution in [0, 0.1) is 11.8 Å². The van der Waals surface area contributed by atoms with Crippen molar-refractivity contribution in [3.8, 4) is 11.8 Å². The van der Waals surface area contributed by atoms with Gasteiger partial charge in [-0.1, -0.05) is 65.7 Å². The highest BCUT2D eigenvalue weighted by Crippen LogP contribution is 2.37. The molecule has 4 heteroatoms. The van der Waals surface area contributed by atoms with Crippen molar-refractivity contribution < 1.29 is 9.53 Å². The molecule has 0 saturated carbocycles. The van der Waals surface area contributed by atoms with Gasteiger partial charge in [0.25, 0.3) is 0 Å². The van der Waals surface area contributed by atoms with E-state index in [0.29, 0.717) is 6.61 Å². The number of thioether (sulfide) groups is 1. The predicted octanol–water partition coefficient (Wildman–Crippen LogP) is 7.03. The summed E-state index contributed by atoms with van der Waals surface area (Å²) in [6, 6.07) is 0. The lowest BCUT2D eigenvalue weighted by Crippen LogP contribution is -2.43. The molecule has 0 unspecified atom stereocenters. The van der Waals surface area contributed by atoms with Crippen molar-refractivity contribution in [3.63, 3.8) is 0 Å². The quantitative estimate of drug-likeness (QED) is 0.177. The van der Waals surface area contributed by atoms with Crippen molar-refractivity contribution in [1.29, 1.82) is 0 Å². The third kappa shape index (κ3) is 14.7. The van der Waals surface area contributed by atoms with Crippen molar-refractivity contribution in [2.75, 3.05) is 18.1 Å². The van der Waals surface area contributed by atoms with Crippen LogP contribution in [0.15, 0.2) is 0 Å². The Hall–Kier alpha value is 0.0469. The average Bonchev–Trinajstić information content (AvgIpc) is 2.59. The second-order valence-corrected chi connectivity index (χ2v) is 15.0. The normalized spacial score (nSPS) is 13.3. The monoisotopic (exact) mass is 414 g/mol. The fourth-order valence-corrected chi connectivity index (χ4v) is 4.67. The summed E-state index contributed by atoms with van der Waals surface area (Å²) >= 11 is 1.97. The number of aliphatic hydroxyl groups is 1. The van der Waals surface area contributed by atoms with Crippen LogP contribution in [0.25, 0.3) is 0 Å². The fraction of sp³-hybridized carbons (Fsp3) is 0.913. The Morgan fingerprint density at radius 2 is 1.59 bits per heavy atom. The van der Waals surface area contributed by atoms with E-state index in [1.165, 1.54) is 50.7 Å². The van der Waals surface area contributed by atoms with Gasteiger partial charge in [0.1, 0.15) is 6.10 Å². The fourth-order valence-electron chi connectivity index (χ4n) is 2.49. The molecule has 0 rings (SSSR count). The van der Waals surface area contributed by atoms with E-state index in [2.05, 4.69) is 52.6 Å². The number of rotatable bonds is 15. The highest BCUT2D eigenvalue weighted by atomic mass is 32.2. The first kappa shape index (κ1) is 27.0. The molecule has 1 atom stereocenters. The highest BCUT2D eigenvalue weighted by Gasteiger charge is 2.38. The molecule has 0 aromatic heterocycles. The van der Waals surface area contributed by atoms with Crippen LogP contribution in [-0.2, 0) is 4.43 Å². The van der Waals surface area contributed by atoms with Crippen molar-refractivity contribution >= 4 is 20.1 Å². The molecular weight excluding hydrogens is 368 g/mol. The predicted molar refractivity (Wildman–Crippen MR) is 126 cm³/mol. The minimum atomic E-state index is -1.74. The second kappa shape index (κ2) is 15.9. The van der Waals surface area contributed by atoms with E-state index in [1.807, 2.05) is 11.8 Å². The van der Waals surface area contributed by atoms with Gasteiger partial charge in [0.05, 0.1) is 0 Å². The summed E-state index contributed by atoms with van der Waals surface area (Å²) in [6.45, 7) is 14.1. The van der Waals surface area contributed by atoms with Gasteiger partial charge < -0.3 is 9.53 Å². The minimum Gasteiger partial charge on any atom is -0.403 e. The van der Waals surface area contributed by atoms with Gasteiger partial charge >= 0.3 is 0 Å². The minimum absolute atomic E-state index is 0.127. The van der Waals surface area contributed by atoms with Crippen LogP contribution < -0.4 is 0 Å². The van der Waals surface area contributed by atoms with Crippen molar-refractivity contribution in [1.82, 2.24) is 0 Å². The van der Waals surface area contributed by atoms with Crippen LogP contribution in [0.1, 0.15) is 91.9 Å². The zero-order chi connectivity index (χ0) is 20.6. The van der Waals surface area contributed by atoms with Crippen LogP contribution in [0.2, 0.25) is 18.1 Å². The van der Waals surface area contributed by atoms with Gasteiger partial charge in [-0.3, -0.25) is 0 Å². The maximum atomic E-state index is 8.75. The van der Waals surface area contributed by atoms with Gasteiger partial charge in [-0.15, -0.1) is 5.92 Å². The van der Waals surface area contributed by atoms with Crippen LogP contribution in [0.5, 0.6) is 0 Å². The topological polar surface area (TPSA) is 29.5 Å². The van der Waals surface area contributed by atoms with E-state index < -0.39 is 8.32 Å². The molecule has 0 aliphatic carbocycles. The maximum absolute atomic E-state index is 8.75. The number of hydrogen-bond acceptors (Lipinski definition) is 3. The van der Waals surface area contributed by atoms with Crippen LogP contribution in [0.3, 0.4) is 0 Å². The van der Waals surface area contributed by atoms with E-state index in [0.717, 1.165) is 25.0 Å². The van der Waals surface area contributed by atoms with E-state index >= 15 is 0 Å². The van der Waals surface area contributed by atoms with E-state index in [9.17, 15) is 0 Å². The molecule has 0 heterocycles. The molecule has 0 fully saturated rings. The molecule has 0 aliphatic heterocycles. The molecule has 1 N–H and O–H groups in total. The molecule has 0 amide bonds. The second-order valence-electron chi connectivity index (χ2n) is 9.04. The lowest BCUT2D eigenvalue weighted by Gasteiger charge is -2.38. The molecule has 160 valence electrons. The molecular formula is C23H46O2SSi. The summed E-state index contributed by atoms with van der Waals surface area (Å²) in [5.41, 5.74) is 0. The zero-order valence-corrected chi connectivity index (χ0v) is 20.8. The summed E-state index contributed by atoms with van der Waals surface area (Å²) in [5, 5.41) is 8.99. The molecule has 0 saturated heterocycles. The maximum Gasteiger partial charge on any atom is 0.193 e. The molecule has 2 nitrogen and oxygen atoms in total. The van der Waals surface area contributed by atoms with Gasteiger partial charge in [-0.2, -0.15) is 11.8 Å². The molecule has 0 radical (unpaired) electrons. The number of aliphatic hydroxyl groups excluding tert-OH is 1. The molecule has 0 aliphatic rings. The van der Waals surface area contributed by atoms with E-state index in [-0.39, 0.29) is 11.1 Å². The standard InChI is InChI=1S/C23H46O2SSi/c1-7-8-17-22(25-27(5,6)23(2,3)4)18-14-12-10-9-11-13-15-20-26-21-16-19-24/h22,24H,7-13,15-17,19-21H2,1-6H3/t22-/m1/s1. The van der Waals surface area contributed by atoms with Crippen molar-refractivity contribution in [2.24, 2.45) is 0 Å². The summed E-state index contributed by atoms with van der Waals surface area (Å²) in [7, 11) is -1.74. The zero-order valence-electron chi connectivity index (χ0n) is 19.0. The smallest absolute Gasteiger partial charge is 0.193 e. The first-order chi connectivity index (χ1) is 12.7. The van der Waals surface area contributed by atoms with Gasteiger partial charge in [0, 0.05) is 13.0 Å². The first-order valence-corrected chi connectivity index (χ1v) is 15.2. The van der Waals surface area contributed by atoms with Gasteiger partial charge in [0.15, 0.2) is 8.32 Å². The Balaban J connectivity index is 4.03. The van der Waals surface area contributed by atoms with Crippen LogP contribution in [0.4, 0.5) is 0 Å². The Morgan fingerprint density at radius 3 is 2.22 bits per heavy atom. The SMILES string of the molecule is CCCC[C@H](C#CCCCCCCCSCCCO)O[Si](C)(C)C(C)(C)C. The summed E-state index contributed by atoms with van der Waals surface area (Å²) in [4.78, 5) is 0.